The van der Waals surface area contributed by atoms with Crippen LogP contribution in [0.15, 0.2) is 24.5 Å². The van der Waals surface area contributed by atoms with Gasteiger partial charge < -0.3 is 21.5 Å². The van der Waals surface area contributed by atoms with E-state index >= 15 is 0 Å². The maximum absolute atomic E-state index is 9.20. The van der Waals surface area contributed by atoms with Crippen molar-refractivity contribution in [1.82, 2.24) is 15.3 Å². The van der Waals surface area contributed by atoms with Gasteiger partial charge in [0.25, 0.3) is 0 Å². The number of nitrogens with zero attached hydrogens (tertiary/aromatic N) is 2. The molecule has 0 atom stereocenters. The molecule has 0 saturated heterocycles. The predicted molar refractivity (Wildman–Crippen MR) is 84.5 cm³/mol. The van der Waals surface area contributed by atoms with E-state index in [9.17, 15) is 5.11 Å². The molecule has 20 heavy (non-hydrogen) atoms. The summed E-state index contributed by atoms with van der Waals surface area (Å²) in [6.07, 6.45) is 1.43. The zero-order valence-electron chi connectivity index (χ0n) is 11.3. The van der Waals surface area contributed by atoms with Gasteiger partial charge in [-0.15, -0.1) is 0 Å². The molecule has 0 unspecified atom stereocenters. The van der Waals surface area contributed by atoms with E-state index in [4.69, 9.17) is 18.0 Å². The lowest BCUT2D eigenvalue weighted by atomic mass is 10.1. The molecule has 1 aromatic carbocycles. The fraction of sp³-hybridized carbons (Fsp3) is 0.308. The number of thiocarbonyl (C=S) groups is 1. The van der Waals surface area contributed by atoms with E-state index < -0.39 is 5.54 Å². The maximum Gasteiger partial charge on any atom is 0.171 e. The van der Waals surface area contributed by atoms with E-state index in [1.807, 2.05) is 32.0 Å². The molecule has 0 radical (unpaired) electrons. The lowest BCUT2D eigenvalue weighted by Crippen LogP contribution is -2.47. The van der Waals surface area contributed by atoms with Crippen molar-refractivity contribution in [3.63, 3.8) is 0 Å². The first-order valence-electron chi connectivity index (χ1n) is 6.11. The Bertz CT molecular complexity index is 644. The number of hydrogen-bond donors (Lipinski definition) is 4. The summed E-state index contributed by atoms with van der Waals surface area (Å²) in [6, 6.07) is 5.54. The topological polar surface area (TPSA) is 96.1 Å². The molecule has 0 saturated carbocycles. The number of rotatable bonds is 3. The highest BCUT2D eigenvalue weighted by Gasteiger charge is 2.17. The number of aliphatic hydroxyl groups is 1. The molecule has 2 aromatic rings. The van der Waals surface area contributed by atoms with Crippen molar-refractivity contribution >= 4 is 39.7 Å². The van der Waals surface area contributed by atoms with Gasteiger partial charge in [0.05, 0.1) is 17.7 Å². The highest BCUT2D eigenvalue weighted by atomic mass is 32.1. The Morgan fingerprint density at radius 2 is 2.15 bits per heavy atom. The highest BCUT2D eigenvalue weighted by Crippen LogP contribution is 2.21. The van der Waals surface area contributed by atoms with Gasteiger partial charge in [0.1, 0.15) is 12.1 Å². The molecule has 0 spiro atoms. The van der Waals surface area contributed by atoms with Gasteiger partial charge in [-0.2, -0.15) is 0 Å². The standard InChI is InChI=1S/C13H17N5OS/c1-13(2,6-19)18-12(20)17-8-3-4-10-9(5-8)11(14)16-7-15-10/h3-5,7,19H,6H2,1-2H3,(H2,14,15,16)(H2,17,18,20). The second-order valence-corrected chi connectivity index (χ2v) is 5.52. The second-order valence-electron chi connectivity index (χ2n) is 5.11. The SMILES string of the molecule is CC(C)(CO)NC(=S)Nc1ccc2ncnc(N)c2c1. The summed E-state index contributed by atoms with van der Waals surface area (Å²) in [5.41, 5.74) is 6.89. The summed E-state index contributed by atoms with van der Waals surface area (Å²) >= 11 is 5.21. The zero-order valence-corrected chi connectivity index (χ0v) is 12.2. The molecule has 0 bridgehead atoms. The fourth-order valence-electron chi connectivity index (χ4n) is 1.66. The van der Waals surface area contributed by atoms with Gasteiger partial charge >= 0.3 is 0 Å². The van der Waals surface area contributed by atoms with Crippen LogP contribution < -0.4 is 16.4 Å². The van der Waals surface area contributed by atoms with Crippen LogP contribution in [-0.4, -0.2) is 32.3 Å². The van der Waals surface area contributed by atoms with Crippen LogP contribution >= 0.6 is 12.2 Å². The van der Waals surface area contributed by atoms with Crippen LogP contribution in [0.3, 0.4) is 0 Å². The highest BCUT2D eigenvalue weighted by molar-refractivity contribution is 7.80. The molecule has 0 aliphatic carbocycles. The van der Waals surface area contributed by atoms with E-state index in [2.05, 4.69) is 20.6 Å². The number of hydrogen-bond acceptors (Lipinski definition) is 5. The molecule has 0 aliphatic heterocycles. The van der Waals surface area contributed by atoms with Crippen LogP contribution in [0, 0.1) is 0 Å². The van der Waals surface area contributed by atoms with Crippen LogP contribution in [0.1, 0.15) is 13.8 Å². The van der Waals surface area contributed by atoms with E-state index in [1.165, 1.54) is 6.33 Å². The number of nitrogens with one attached hydrogen (secondary N) is 2. The minimum absolute atomic E-state index is 0.0205. The molecule has 1 heterocycles. The van der Waals surface area contributed by atoms with Gasteiger partial charge in [0.2, 0.25) is 0 Å². The second kappa shape index (κ2) is 5.56. The Hall–Kier alpha value is -1.99. The van der Waals surface area contributed by atoms with E-state index in [0.29, 0.717) is 10.9 Å². The van der Waals surface area contributed by atoms with Crippen molar-refractivity contribution < 1.29 is 5.11 Å². The quantitative estimate of drug-likeness (QED) is 0.632. The summed E-state index contributed by atoms with van der Waals surface area (Å²) in [5, 5.41) is 16.5. The Labute approximate surface area is 122 Å². The monoisotopic (exact) mass is 291 g/mol. The van der Waals surface area contributed by atoms with E-state index in [0.717, 1.165) is 16.6 Å². The maximum atomic E-state index is 9.20. The first kappa shape index (κ1) is 14.4. The van der Waals surface area contributed by atoms with Crippen molar-refractivity contribution in [1.29, 1.82) is 0 Å². The number of nitrogens with two attached hydrogens (primary N) is 1. The zero-order chi connectivity index (χ0) is 14.8. The average molecular weight is 291 g/mol. The van der Waals surface area contributed by atoms with E-state index in [-0.39, 0.29) is 6.61 Å². The number of anilines is 2. The van der Waals surface area contributed by atoms with Crippen LogP contribution in [0.4, 0.5) is 11.5 Å². The Balaban J connectivity index is 2.18. The molecule has 1 aromatic heterocycles. The summed E-state index contributed by atoms with van der Waals surface area (Å²) in [6.45, 7) is 3.69. The first-order chi connectivity index (χ1) is 9.41. The van der Waals surface area contributed by atoms with Crippen molar-refractivity contribution in [2.45, 2.75) is 19.4 Å². The predicted octanol–water partition coefficient (Wildman–Crippen LogP) is 1.27. The van der Waals surface area contributed by atoms with Gasteiger partial charge in [-0.25, -0.2) is 9.97 Å². The third-order valence-electron chi connectivity index (χ3n) is 2.77. The molecule has 106 valence electrons. The van der Waals surface area contributed by atoms with E-state index in [1.54, 1.807) is 0 Å². The Morgan fingerprint density at radius 1 is 1.40 bits per heavy atom. The Kier molecular flexibility index (Phi) is 4.01. The molecular weight excluding hydrogens is 274 g/mol. The number of aliphatic hydroxyl groups excluding tert-OH is 1. The van der Waals surface area contributed by atoms with Gasteiger partial charge in [0.15, 0.2) is 5.11 Å². The van der Waals surface area contributed by atoms with Gasteiger partial charge in [-0.1, -0.05) is 0 Å². The molecule has 0 aliphatic rings. The average Bonchev–Trinajstić information content (AvgIpc) is 2.39. The molecule has 5 N–H and O–H groups in total. The van der Waals surface area contributed by atoms with Crippen molar-refractivity contribution in [3.05, 3.63) is 24.5 Å². The fourth-order valence-corrected chi connectivity index (χ4v) is 2.06. The number of aromatic nitrogens is 2. The third-order valence-corrected chi connectivity index (χ3v) is 2.98. The molecular formula is C13H17N5OS. The third kappa shape index (κ3) is 3.31. The van der Waals surface area contributed by atoms with Crippen molar-refractivity contribution in [2.24, 2.45) is 0 Å². The largest absolute Gasteiger partial charge is 0.394 e. The Morgan fingerprint density at radius 3 is 2.85 bits per heavy atom. The molecule has 2 rings (SSSR count). The number of fused-ring (bicyclic) bond motifs is 1. The van der Waals surface area contributed by atoms with Crippen LogP contribution in [0.5, 0.6) is 0 Å². The van der Waals surface area contributed by atoms with Crippen molar-refractivity contribution in [2.75, 3.05) is 17.7 Å². The molecule has 0 fully saturated rings. The smallest absolute Gasteiger partial charge is 0.171 e. The van der Waals surface area contributed by atoms with Gasteiger partial charge in [-0.3, -0.25) is 0 Å². The van der Waals surface area contributed by atoms with Gasteiger partial charge in [-0.05, 0) is 44.3 Å². The lowest BCUT2D eigenvalue weighted by Gasteiger charge is -2.25. The van der Waals surface area contributed by atoms with Crippen LogP contribution in [-0.2, 0) is 0 Å². The first-order valence-corrected chi connectivity index (χ1v) is 6.52. The summed E-state index contributed by atoms with van der Waals surface area (Å²) < 4.78 is 0. The summed E-state index contributed by atoms with van der Waals surface area (Å²) in [4.78, 5) is 8.09. The summed E-state index contributed by atoms with van der Waals surface area (Å²) in [7, 11) is 0. The number of nitrogen functional groups attached to an aromatic ring is 1. The van der Waals surface area contributed by atoms with Crippen molar-refractivity contribution in [3.8, 4) is 0 Å². The normalized spacial score (nSPS) is 11.3. The molecule has 7 heteroatoms. The number of benzene rings is 1. The minimum atomic E-state index is -0.483. The molecule has 0 amide bonds. The minimum Gasteiger partial charge on any atom is -0.394 e. The van der Waals surface area contributed by atoms with Gasteiger partial charge in [0, 0.05) is 11.1 Å². The lowest BCUT2D eigenvalue weighted by molar-refractivity contribution is 0.207. The van der Waals surface area contributed by atoms with Crippen LogP contribution in [0.25, 0.3) is 10.9 Å². The van der Waals surface area contributed by atoms with Crippen LogP contribution in [0.2, 0.25) is 0 Å². The summed E-state index contributed by atoms with van der Waals surface area (Å²) in [5.74, 6) is 0.424. The molecule has 6 nitrogen and oxygen atoms in total.